The molecule has 5 aromatic rings. The molecule has 6 rings (SSSR count). The van der Waals surface area contributed by atoms with Crippen LogP contribution in [-0.4, -0.2) is 33.3 Å². The van der Waals surface area contributed by atoms with Crippen LogP contribution in [0.2, 0.25) is 0 Å². The van der Waals surface area contributed by atoms with E-state index in [0.29, 0.717) is 0 Å². The summed E-state index contributed by atoms with van der Waals surface area (Å²) in [5, 5.41) is 12.1. The Balaban J connectivity index is 1.37. The first-order valence-electron chi connectivity index (χ1n) is 11.6. The Morgan fingerprint density at radius 3 is 2.09 bits per heavy atom. The topological polar surface area (TPSA) is 49.2 Å². The van der Waals surface area contributed by atoms with Crippen molar-refractivity contribution < 1.29 is 9.31 Å². The molecular formula is C28H26BN3O2. The van der Waals surface area contributed by atoms with Crippen molar-refractivity contribution in [3.8, 4) is 16.8 Å². The maximum absolute atomic E-state index is 6.18. The van der Waals surface area contributed by atoms with Gasteiger partial charge in [0.15, 0.2) is 0 Å². The van der Waals surface area contributed by atoms with Crippen LogP contribution in [0.15, 0.2) is 84.9 Å². The third kappa shape index (κ3) is 3.33. The highest BCUT2D eigenvalue weighted by Gasteiger charge is 2.51. The summed E-state index contributed by atoms with van der Waals surface area (Å²) in [5.74, 6) is 0. The molecule has 0 spiro atoms. The quantitative estimate of drug-likeness (QED) is 0.341. The lowest BCUT2D eigenvalue weighted by molar-refractivity contribution is 0.00578. The highest BCUT2D eigenvalue weighted by atomic mass is 16.7. The van der Waals surface area contributed by atoms with Crippen molar-refractivity contribution in [2.24, 2.45) is 0 Å². The van der Waals surface area contributed by atoms with E-state index in [4.69, 9.17) is 19.5 Å². The molecule has 6 heteroatoms. The fraction of sp³-hybridized carbons (Fsp3) is 0.214. The van der Waals surface area contributed by atoms with Crippen LogP contribution in [0.5, 0.6) is 0 Å². The summed E-state index contributed by atoms with van der Waals surface area (Å²) in [5.41, 5.74) is 5.12. The molecule has 2 heterocycles. The molecule has 0 amide bonds. The summed E-state index contributed by atoms with van der Waals surface area (Å²) < 4.78 is 12.4. The molecule has 0 atom stereocenters. The van der Waals surface area contributed by atoms with Gasteiger partial charge in [0.2, 0.25) is 0 Å². The number of benzene rings is 4. The van der Waals surface area contributed by atoms with Crippen molar-refractivity contribution in [2.45, 2.75) is 38.9 Å². The lowest BCUT2D eigenvalue weighted by Crippen LogP contribution is -2.41. The number of rotatable bonds is 3. The van der Waals surface area contributed by atoms with Crippen molar-refractivity contribution in [3.05, 3.63) is 84.9 Å². The van der Waals surface area contributed by atoms with Crippen molar-refractivity contribution in [3.63, 3.8) is 0 Å². The molecule has 0 radical (unpaired) electrons. The molecule has 0 aliphatic carbocycles. The van der Waals surface area contributed by atoms with Gasteiger partial charge in [-0.15, -0.1) is 10.2 Å². The first-order chi connectivity index (χ1) is 16.3. The molecule has 1 fully saturated rings. The van der Waals surface area contributed by atoms with Crippen LogP contribution < -0.4 is 5.46 Å². The minimum atomic E-state index is -0.387. The first kappa shape index (κ1) is 21.1. The summed E-state index contributed by atoms with van der Waals surface area (Å²) in [6, 6.07) is 29.0. The summed E-state index contributed by atoms with van der Waals surface area (Å²) in [6.07, 6.45) is 0. The van der Waals surface area contributed by atoms with Crippen LogP contribution in [0.3, 0.4) is 0 Å². The number of fused-ring (bicyclic) bond motifs is 2. The Bertz CT molecular complexity index is 1500. The standard InChI is InChI=1S/C28H26BN3O2/c1-27(2)28(3,4)34-29(33-27)20-15-17-21(18-16-20)32-30-25-14-8-13-24(26(25)31-32)23-12-7-10-19-9-5-6-11-22(19)23/h5-18H,1-4H3. The second kappa shape index (κ2) is 7.52. The maximum Gasteiger partial charge on any atom is 0.494 e. The van der Waals surface area contributed by atoms with Crippen molar-refractivity contribution in [1.82, 2.24) is 15.0 Å². The van der Waals surface area contributed by atoms with E-state index < -0.39 is 0 Å². The lowest BCUT2D eigenvalue weighted by Gasteiger charge is -2.32. The van der Waals surface area contributed by atoms with E-state index in [1.54, 1.807) is 4.80 Å². The fourth-order valence-corrected chi connectivity index (χ4v) is 4.47. The van der Waals surface area contributed by atoms with E-state index in [9.17, 15) is 0 Å². The van der Waals surface area contributed by atoms with Crippen LogP contribution >= 0.6 is 0 Å². The van der Waals surface area contributed by atoms with Crippen molar-refractivity contribution in [2.75, 3.05) is 0 Å². The van der Waals surface area contributed by atoms with Gasteiger partial charge >= 0.3 is 7.12 Å². The van der Waals surface area contributed by atoms with E-state index >= 15 is 0 Å². The average Bonchev–Trinajstić information content (AvgIpc) is 3.36. The molecule has 1 aliphatic rings. The summed E-state index contributed by atoms with van der Waals surface area (Å²) in [4.78, 5) is 1.70. The Labute approximate surface area is 199 Å². The molecule has 1 aromatic heterocycles. The smallest absolute Gasteiger partial charge is 0.399 e. The third-order valence-corrected chi connectivity index (χ3v) is 7.14. The molecule has 1 saturated heterocycles. The van der Waals surface area contributed by atoms with Crippen molar-refractivity contribution >= 4 is 34.4 Å². The van der Waals surface area contributed by atoms with E-state index in [-0.39, 0.29) is 18.3 Å². The summed E-state index contributed by atoms with van der Waals surface area (Å²) in [7, 11) is -0.387. The Kier molecular flexibility index (Phi) is 4.66. The third-order valence-electron chi connectivity index (χ3n) is 7.14. The van der Waals surface area contributed by atoms with Crippen LogP contribution in [0, 0.1) is 0 Å². The van der Waals surface area contributed by atoms with Crippen molar-refractivity contribution in [1.29, 1.82) is 0 Å². The highest BCUT2D eigenvalue weighted by Crippen LogP contribution is 2.36. The minimum absolute atomic E-state index is 0.365. The zero-order valence-corrected chi connectivity index (χ0v) is 19.8. The Hall–Kier alpha value is -3.48. The predicted molar refractivity (Wildman–Crippen MR) is 138 cm³/mol. The Morgan fingerprint density at radius 2 is 1.32 bits per heavy atom. The molecule has 0 N–H and O–H groups in total. The van der Waals surface area contributed by atoms with Gasteiger partial charge in [0, 0.05) is 5.56 Å². The van der Waals surface area contributed by atoms with E-state index in [0.717, 1.165) is 33.3 Å². The van der Waals surface area contributed by atoms with Gasteiger partial charge in [-0.2, -0.15) is 4.80 Å². The molecule has 4 aromatic carbocycles. The normalized spacial score (nSPS) is 17.0. The minimum Gasteiger partial charge on any atom is -0.399 e. The average molecular weight is 447 g/mol. The number of aromatic nitrogens is 3. The zero-order chi connectivity index (χ0) is 23.5. The molecule has 0 unspecified atom stereocenters. The predicted octanol–water partition coefficient (Wildman–Crippen LogP) is 5.54. The molecule has 0 bridgehead atoms. The first-order valence-corrected chi connectivity index (χ1v) is 11.6. The van der Waals surface area contributed by atoms with Gasteiger partial charge in [0.05, 0.1) is 16.9 Å². The largest absolute Gasteiger partial charge is 0.494 e. The van der Waals surface area contributed by atoms with Crippen LogP contribution in [-0.2, 0) is 9.31 Å². The van der Waals surface area contributed by atoms with Gasteiger partial charge in [-0.3, -0.25) is 0 Å². The highest BCUT2D eigenvalue weighted by molar-refractivity contribution is 6.62. The van der Waals surface area contributed by atoms with E-state index in [1.807, 2.05) is 36.4 Å². The molecule has 168 valence electrons. The number of nitrogens with zero attached hydrogens (tertiary/aromatic N) is 3. The van der Waals surface area contributed by atoms with Crippen LogP contribution in [0.4, 0.5) is 0 Å². The maximum atomic E-state index is 6.18. The van der Waals surface area contributed by atoms with Gasteiger partial charge in [-0.25, -0.2) is 0 Å². The van der Waals surface area contributed by atoms with Crippen LogP contribution in [0.1, 0.15) is 27.7 Å². The monoisotopic (exact) mass is 447 g/mol. The van der Waals surface area contributed by atoms with Gasteiger partial charge in [-0.05, 0) is 67.7 Å². The van der Waals surface area contributed by atoms with Gasteiger partial charge in [-0.1, -0.05) is 66.7 Å². The molecule has 1 aliphatic heterocycles. The van der Waals surface area contributed by atoms with E-state index in [1.165, 1.54) is 10.8 Å². The molecule has 34 heavy (non-hydrogen) atoms. The second-order valence-electron chi connectivity index (χ2n) is 9.87. The lowest BCUT2D eigenvalue weighted by atomic mass is 9.79. The summed E-state index contributed by atoms with van der Waals surface area (Å²) in [6.45, 7) is 8.25. The van der Waals surface area contributed by atoms with Gasteiger partial charge < -0.3 is 9.31 Å². The SMILES string of the molecule is CC1(C)OB(c2ccc(-n3nc4cccc(-c5cccc6ccccc56)c4n3)cc2)OC1(C)C. The number of hydrogen-bond donors (Lipinski definition) is 0. The fourth-order valence-electron chi connectivity index (χ4n) is 4.47. The second-order valence-corrected chi connectivity index (χ2v) is 9.87. The molecule has 0 saturated carbocycles. The number of hydrogen-bond acceptors (Lipinski definition) is 4. The Morgan fingerprint density at radius 1 is 0.676 bits per heavy atom. The zero-order valence-electron chi connectivity index (χ0n) is 19.8. The molecular weight excluding hydrogens is 421 g/mol. The summed E-state index contributed by atoms with van der Waals surface area (Å²) >= 11 is 0. The van der Waals surface area contributed by atoms with Gasteiger partial charge in [0.1, 0.15) is 11.0 Å². The van der Waals surface area contributed by atoms with E-state index in [2.05, 4.69) is 76.2 Å². The van der Waals surface area contributed by atoms with Gasteiger partial charge in [0.25, 0.3) is 0 Å². The molecule has 5 nitrogen and oxygen atoms in total. The van der Waals surface area contributed by atoms with Crippen LogP contribution in [0.25, 0.3) is 38.6 Å².